The summed E-state index contributed by atoms with van der Waals surface area (Å²) >= 11 is 0. The van der Waals surface area contributed by atoms with E-state index in [0.717, 1.165) is 18.9 Å². The molecule has 96 valence electrons. The van der Waals surface area contributed by atoms with Crippen molar-refractivity contribution in [3.8, 4) is 6.07 Å². The molecule has 5 nitrogen and oxygen atoms in total. The van der Waals surface area contributed by atoms with Crippen LogP contribution in [0.5, 0.6) is 0 Å². The van der Waals surface area contributed by atoms with Gasteiger partial charge in [0.2, 0.25) is 0 Å². The molecule has 18 heavy (non-hydrogen) atoms. The number of anilines is 2. The first-order valence-electron chi connectivity index (χ1n) is 6.59. The van der Waals surface area contributed by atoms with Crippen LogP contribution in [0.2, 0.25) is 0 Å². The Bertz CT molecular complexity index is 427. The molecular formula is C13H19N5. The zero-order chi connectivity index (χ0) is 12.8. The monoisotopic (exact) mass is 245 g/mol. The summed E-state index contributed by atoms with van der Waals surface area (Å²) in [5.74, 6) is 1.03. The van der Waals surface area contributed by atoms with E-state index in [1.165, 1.54) is 38.5 Å². The molecule has 1 aliphatic heterocycles. The van der Waals surface area contributed by atoms with Gasteiger partial charge < -0.3 is 10.6 Å². The molecule has 2 heterocycles. The van der Waals surface area contributed by atoms with E-state index in [1.807, 2.05) is 6.07 Å². The SMILES string of the molecule is N#Cc1ncc(N2CCCCCCCC2)nc1N. The van der Waals surface area contributed by atoms with Crippen molar-refractivity contribution in [2.75, 3.05) is 23.7 Å². The fourth-order valence-corrected chi connectivity index (χ4v) is 2.29. The summed E-state index contributed by atoms with van der Waals surface area (Å²) in [7, 11) is 0. The minimum atomic E-state index is 0.211. The highest BCUT2D eigenvalue weighted by Gasteiger charge is 2.12. The van der Waals surface area contributed by atoms with Gasteiger partial charge in [0.15, 0.2) is 11.5 Å². The van der Waals surface area contributed by atoms with Gasteiger partial charge in [0.05, 0.1) is 6.20 Å². The second-order valence-electron chi connectivity index (χ2n) is 4.68. The van der Waals surface area contributed by atoms with Crippen molar-refractivity contribution in [2.45, 2.75) is 38.5 Å². The maximum atomic E-state index is 8.79. The molecular weight excluding hydrogens is 226 g/mol. The maximum Gasteiger partial charge on any atom is 0.182 e. The Kier molecular flexibility index (Phi) is 4.35. The highest BCUT2D eigenvalue weighted by molar-refractivity contribution is 5.49. The molecule has 0 amide bonds. The van der Waals surface area contributed by atoms with Gasteiger partial charge in [0.1, 0.15) is 11.9 Å². The van der Waals surface area contributed by atoms with Gasteiger partial charge in [-0.25, -0.2) is 9.97 Å². The lowest BCUT2D eigenvalue weighted by atomic mass is 10.1. The van der Waals surface area contributed by atoms with Crippen molar-refractivity contribution in [1.82, 2.24) is 9.97 Å². The molecule has 0 spiro atoms. The highest BCUT2D eigenvalue weighted by atomic mass is 15.2. The van der Waals surface area contributed by atoms with E-state index in [4.69, 9.17) is 11.0 Å². The molecule has 2 N–H and O–H groups in total. The first kappa shape index (κ1) is 12.6. The Balaban J connectivity index is 2.12. The number of hydrogen-bond donors (Lipinski definition) is 1. The van der Waals surface area contributed by atoms with Crippen LogP contribution in [0.1, 0.15) is 44.2 Å². The third kappa shape index (κ3) is 3.10. The minimum absolute atomic E-state index is 0.211. The predicted octanol–water partition coefficient (Wildman–Crippen LogP) is 2.09. The summed E-state index contributed by atoms with van der Waals surface area (Å²) in [4.78, 5) is 10.6. The first-order chi connectivity index (χ1) is 8.81. The van der Waals surface area contributed by atoms with Gasteiger partial charge in [-0.05, 0) is 12.8 Å². The lowest BCUT2D eigenvalue weighted by Gasteiger charge is -2.22. The Hall–Kier alpha value is -1.83. The van der Waals surface area contributed by atoms with Crippen molar-refractivity contribution >= 4 is 11.6 Å². The van der Waals surface area contributed by atoms with Crippen LogP contribution in [0.4, 0.5) is 11.6 Å². The Morgan fingerprint density at radius 1 is 1.11 bits per heavy atom. The summed E-state index contributed by atoms with van der Waals surface area (Å²) in [6.07, 6.45) is 9.23. The molecule has 0 unspecified atom stereocenters. The number of rotatable bonds is 1. The van der Waals surface area contributed by atoms with Crippen LogP contribution >= 0.6 is 0 Å². The Morgan fingerprint density at radius 3 is 2.28 bits per heavy atom. The lowest BCUT2D eigenvalue weighted by molar-refractivity contribution is 0.636. The van der Waals surface area contributed by atoms with Crippen LogP contribution in [0.15, 0.2) is 6.20 Å². The third-order valence-electron chi connectivity index (χ3n) is 3.32. The van der Waals surface area contributed by atoms with Crippen molar-refractivity contribution < 1.29 is 0 Å². The van der Waals surface area contributed by atoms with Crippen LogP contribution < -0.4 is 10.6 Å². The van der Waals surface area contributed by atoms with E-state index < -0.39 is 0 Å². The zero-order valence-electron chi connectivity index (χ0n) is 10.6. The van der Waals surface area contributed by atoms with Crippen molar-refractivity contribution in [3.63, 3.8) is 0 Å². The Morgan fingerprint density at radius 2 is 1.72 bits per heavy atom. The molecule has 1 fully saturated rings. The highest BCUT2D eigenvalue weighted by Crippen LogP contribution is 2.18. The maximum absolute atomic E-state index is 8.79. The van der Waals surface area contributed by atoms with Crippen molar-refractivity contribution in [3.05, 3.63) is 11.9 Å². The normalized spacial score (nSPS) is 17.4. The van der Waals surface area contributed by atoms with E-state index in [0.29, 0.717) is 0 Å². The molecule has 5 heteroatoms. The molecule has 1 aliphatic rings. The van der Waals surface area contributed by atoms with Crippen LogP contribution in [-0.4, -0.2) is 23.1 Å². The molecule has 0 radical (unpaired) electrons. The van der Waals surface area contributed by atoms with Crippen LogP contribution in [0.3, 0.4) is 0 Å². The van der Waals surface area contributed by atoms with Crippen LogP contribution in [0, 0.1) is 11.3 Å². The van der Waals surface area contributed by atoms with E-state index in [2.05, 4.69) is 14.9 Å². The minimum Gasteiger partial charge on any atom is -0.381 e. The number of nitrogens with two attached hydrogens (primary N) is 1. The second kappa shape index (κ2) is 6.20. The molecule has 1 aromatic heterocycles. The van der Waals surface area contributed by atoms with Crippen LogP contribution in [0.25, 0.3) is 0 Å². The van der Waals surface area contributed by atoms with Gasteiger partial charge in [-0.15, -0.1) is 0 Å². The largest absolute Gasteiger partial charge is 0.381 e. The number of nitrogens with zero attached hydrogens (tertiary/aromatic N) is 4. The molecule has 0 aliphatic carbocycles. The molecule has 1 saturated heterocycles. The number of nitriles is 1. The van der Waals surface area contributed by atoms with Gasteiger partial charge in [0.25, 0.3) is 0 Å². The fraction of sp³-hybridized carbons (Fsp3) is 0.615. The van der Waals surface area contributed by atoms with Crippen molar-refractivity contribution in [1.29, 1.82) is 5.26 Å². The number of aromatic nitrogens is 2. The van der Waals surface area contributed by atoms with E-state index in [-0.39, 0.29) is 11.5 Å². The van der Waals surface area contributed by atoms with Gasteiger partial charge >= 0.3 is 0 Å². The van der Waals surface area contributed by atoms with E-state index in [9.17, 15) is 0 Å². The second-order valence-corrected chi connectivity index (χ2v) is 4.68. The third-order valence-corrected chi connectivity index (χ3v) is 3.32. The van der Waals surface area contributed by atoms with Crippen molar-refractivity contribution in [2.24, 2.45) is 0 Å². The number of nitrogen functional groups attached to an aromatic ring is 1. The molecule has 0 saturated carbocycles. The molecule has 2 rings (SSSR count). The molecule has 0 bridgehead atoms. The first-order valence-corrected chi connectivity index (χ1v) is 6.59. The van der Waals surface area contributed by atoms with E-state index in [1.54, 1.807) is 6.20 Å². The smallest absolute Gasteiger partial charge is 0.182 e. The summed E-state index contributed by atoms with van der Waals surface area (Å²) in [5.41, 5.74) is 5.93. The average Bonchev–Trinajstić information content (AvgIpc) is 2.52. The summed E-state index contributed by atoms with van der Waals surface area (Å²) in [6.45, 7) is 2.00. The van der Waals surface area contributed by atoms with Gasteiger partial charge in [-0.3, -0.25) is 0 Å². The summed E-state index contributed by atoms with van der Waals surface area (Å²) in [6, 6.07) is 1.94. The quantitative estimate of drug-likeness (QED) is 0.819. The topological polar surface area (TPSA) is 78.8 Å². The standard InChI is InChI=1S/C13H19N5/c14-9-11-13(15)17-12(10-16-11)18-7-5-3-1-2-4-6-8-18/h10H,1-8H2,(H2,15,17). The molecule has 0 aromatic carbocycles. The summed E-state index contributed by atoms with van der Waals surface area (Å²) < 4.78 is 0. The van der Waals surface area contributed by atoms with Gasteiger partial charge in [0, 0.05) is 13.1 Å². The predicted molar refractivity (Wildman–Crippen MR) is 71.1 cm³/mol. The molecule has 0 atom stereocenters. The fourth-order valence-electron chi connectivity index (χ4n) is 2.29. The Labute approximate surface area is 108 Å². The van der Waals surface area contributed by atoms with Gasteiger partial charge in [-0.2, -0.15) is 5.26 Å². The average molecular weight is 245 g/mol. The van der Waals surface area contributed by atoms with Gasteiger partial charge in [-0.1, -0.05) is 25.7 Å². The van der Waals surface area contributed by atoms with Crippen LogP contribution in [-0.2, 0) is 0 Å². The van der Waals surface area contributed by atoms with E-state index >= 15 is 0 Å². The lowest BCUT2D eigenvalue weighted by Crippen LogP contribution is -2.26. The molecule has 1 aromatic rings. The zero-order valence-corrected chi connectivity index (χ0v) is 10.6. The number of hydrogen-bond acceptors (Lipinski definition) is 5. The summed E-state index contributed by atoms with van der Waals surface area (Å²) in [5, 5.41) is 8.79.